The van der Waals surface area contributed by atoms with Crippen molar-refractivity contribution in [2.45, 2.75) is 82.5 Å². The Morgan fingerprint density at radius 2 is 1.63 bits per heavy atom. The molecule has 0 radical (unpaired) electrons. The van der Waals surface area contributed by atoms with Crippen molar-refractivity contribution in [3.63, 3.8) is 0 Å². The maximum Gasteiger partial charge on any atom is 0.418 e. The number of thiophene rings is 1. The molecule has 6 rings (SSSR count). The highest BCUT2D eigenvalue weighted by atomic mass is 35.5. The fourth-order valence-electron chi connectivity index (χ4n) is 8.05. The highest BCUT2D eigenvalue weighted by Gasteiger charge is 2.38. The summed E-state index contributed by atoms with van der Waals surface area (Å²) in [4.78, 5) is 48.8. The number of hydrogen-bond acceptors (Lipinski definition) is 6. The Labute approximate surface area is 295 Å². The number of nitrogens with zero attached hydrogens (tertiary/aromatic N) is 4. The number of benzene rings is 1. The van der Waals surface area contributed by atoms with Gasteiger partial charge in [-0.05, 0) is 93.1 Å². The smallest absolute Gasteiger partial charge is 0.386 e. The first kappa shape index (κ1) is 35.8. The minimum atomic E-state index is -4.65. The molecule has 5 heterocycles. The number of rotatable bonds is 8. The molecule has 0 saturated carbocycles. The number of piperidine rings is 3. The van der Waals surface area contributed by atoms with E-state index in [2.05, 4.69) is 20.9 Å². The summed E-state index contributed by atoms with van der Waals surface area (Å²) in [6.45, 7) is 4.77. The van der Waals surface area contributed by atoms with E-state index < -0.39 is 17.7 Å². The number of hydrogen-bond donors (Lipinski definition) is 2. The summed E-state index contributed by atoms with van der Waals surface area (Å²) in [5.41, 5.74) is 1.15. The van der Waals surface area contributed by atoms with Gasteiger partial charge in [-0.15, -0.1) is 11.3 Å². The SMILES string of the molecule is CNc1c(Cl)cc(C[C@@H](CC(=O)N2CCC(N3CCc4cscc4NC3=O)CC2)C(=O)N2CCC(N3CCCCC3)CC2)cc1C(F)(F)F. The van der Waals surface area contributed by atoms with E-state index in [4.69, 9.17) is 11.6 Å². The van der Waals surface area contributed by atoms with Gasteiger partial charge >= 0.3 is 12.2 Å². The normalized spacial score (nSPS) is 20.8. The highest BCUT2D eigenvalue weighted by Crippen LogP contribution is 2.40. The van der Waals surface area contributed by atoms with Crippen molar-refractivity contribution >= 4 is 52.2 Å². The van der Waals surface area contributed by atoms with Crippen molar-refractivity contribution in [2.75, 3.05) is 63.5 Å². The Morgan fingerprint density at radius 1 is 0.959 bits per heavy atom. The van der Waals surface area contributed by atoms with Crippen LogP contribution in [0.4, 0.5) is 29.3 Å². The molecular formula is C35H46ClF3N6O3S. The zero-order valence-electron chi connectivity index (χ0n) is 28.0. The summed E-state index contributed by atoms with van der Waals surface area (Å²) in [6, 6.07) is 2.79. The van der Waals surface area contributed by atoms with E-state index in [1.807, 2.05) is 10.3 Å². The number of urea groups is 1. The first-order chi connectivity index (χ1) is 23.5. The second-order valence-corrected chi connectivity index (χ2v) is 15.0. The number of carbonyl (C=O) groups is 3. The van der Waals surface area contributed by atoms with Crippen LogP contribution in [0.2, 0.25) is 5.02 Å². The molecule has 0 unspecified atom stereocenters. The summed E-state index contributed by atoms with van der Waals surface area (Å²) in [5.74, 6) is -1.23. The first-order valence-corrected chi connectivity index (χ1v) is 18.8. The van der Waals surface area contributed by atoms with Crippen LogP contribution < -0.4 is 10.6 Å². The molecule has 4 aliphatic heterocycles. The summed E-state index contributed by atoms with van der Waals surface area (Å²) in [7, 11) is 1.39. The quantitative estimate of drug-likeness (QED) is 0.322. The van der Waals surface area contributed by atoms with Crippen molar-refractivity contribution in [3.8, 4) is 0 Å². The molecule has 3 saturated heterocycles. The van der Waals surface area contributed by atoms with Gasteiger partial charge in [0.2, 0.25) is 11.8 Å². The molecule has 1 aromatic carbocycles. The molecule has 4 aliphatic rings. The van der Waals surface area contributed by atoms with Gasteiger partial charge in [-0.2, -0.15) is 13.2 Å². The van der Waals surface area contributed by atoms with Crippen LogP contribution in [0.5, 0.6) is 0 Å². The number of amides is 4. The number of nitrogens with one attached hydrogen (secondary N) is 2. The fourth-order valence-corrected chi connectivity index (χ4v) is 9.21. The van der Waals surface area contributed by atoms with Gasteiger partial charge in [-0.1, -0.05) is 18.0 Å². The molecule has 1 aromatic heterocycles. The van der Waals surface area contributed by atoms with Crippen molar-refractivity contribution in [3.05, 3.63) is 44.6 Å². The van der Waals surface area contributed by atoms with E-state index in [0.717, 1.165) is 49.7 Å². The van der Waals surface area contributed by atoms with Crippen molar-refractivity contribution in [2.24, 2.45) is 5.92 Å². The number of likely N-dealkylation sites (tertiary alicyclic amines) is 3. The van der Waals surface area contributed by atoms with Gasteiger partial charge in [-0.25, -0.2) is 4.79 Å². The lowest BCUT2D eigenvalue weighted by Gasteiger charge is -2.41. The maximum atomic E-state index is 14.1. The fraction of sp³-hybridized carbons (Fsp3) is 0.629. The number of alkyl halides is 3. The second-order valence-electron chi connectivity index (χ2n) is 13.8. The molecule has 49 heavy (non-hydrogen) atoms. The standard InChI is InChI=1S/C35H46ClF3N6O3S/c1-40-32-28(35(37,38)39)18-23(19-29(32)36)17-25(33(47)44-14-6-26(7-15-44)42-10-3-2-4-11-42)20-31(46)43-12-8-27(9-13-43)45-16-5-24-21-49-22-30(24)41-34(45)48/h18-19,21-22,25-27,40H,2-17,20H2,1H3,(H,41,48)/t25-/m0/s1. The molecule has 3 fully saturated rings. The minimum Gasteiger partial charge on any atom is -0.386 e. The Kier molecular flexibility index (Phi) is 11.3. The number of carbonyl (C=O) groups excluding carboxylic acids is 3. The van der Waals surface area contributed by atoms with Crippen molar-refractivity contribution in [1.29, 1.82) is 0 Å². The molecule has 2 N–H and O–H groups in total. The summed E-state index contributed by atoms with van der Waals surface area (Å²) in [6.07, 6.45) is 2.54. The van der Waals surface area contributed by atoms with Crippen LogP contribution in [0.15, 0.2) is 22.9 Å². The van der Waals surface area contributed by atoms with Crippen LogP contribution in [0.25, 0.3) is 0 Å². The van der Waals surface area contributed by atoms with Gasteiger partial charge in [0.15, 0.2) is 0 Å². The van der Waals surface area contributed by atoms with E-state index in [0.29, 0.717) is 51.6 Å². The zero-order chi connectivity index (χ0) is 34.7. The Balaban J connectivity index is 1.13. The molecule has 0 spiro atoms. The average Bonchev–Trinajstić information content (AvgIpc) is 3.47. The summed E-state index contributed by atoms with van der Waals surface area (Å²) < 4.78 is 42.1. The molecule has 14 heteroatoms. The van der Waals surface area contributed by atoms with Crippen LogP contribution in [0.3, 0.4) is 0 Å². The average molecular weight is 723 g/mol. The van der Waals surface area contributed by atoms with Gasteiger partial charge in [0.1, 0.15) is 0 Å². The number of fused-ring (bicyclic) bond motifs is 1. The van der Waals surface area contributed by atoms with Crippen LogP contribution in [0, 0.1) is 5.92 Å². The molecule has 4 amide bonds. The van der Waals surface area contributed by atoms with Gasteiger partial charge in [0.25, 0.3) is 0 Å². The maximum absolute atomic E-state index is 14.1. The molecule has 0 aliphatic carbocycles. The Bertz CT molecular complexity index is 1500. The Morgan fingerprint density at radius 3 is 2.31 bits per heavy atom. The van der Waals surface area contributed by atoms with E-state index in [1.54, 1.807) is 21.1 Å². The van der Waals surface area contributed by atoms with Gasteiger partial charge < -0.3 is 30.2 Å². The predicted molar refractivity (Wildman–Crippen MR) is 186 cm³/mol. The molecule has 0 bridgehead atoms. The monoisotopic (exact) mass is 722 g/mol. The van der Waals surface area contributed by atoms with Gasteiger partial charge in [0.05, 0.1) is 27.9 Å². The lowest BCUT2D eigenvalue weighted by atomic mass is 9.91. The van der Waals surface area contributed by atoms with Crippen LogP contribution in [0.1, 0.15) is 68.1 Å². The topological polar surface area (TPSA) is 88.2 Å². The van der Waals surface area contributed by atoms with E-state index in [1.165, 1.54) is 32.4 Å². The number of anilines is 2. The highest BCUT2D eigenvalue weighted by molar-refractivity contribution is 7.08. The lowest BCUT2D eigenvalue weighted by Crippen LogP contribution is -2.51. The van der Waals surface area contributed by atoms with E-state index in [9.17, 15) is 27.6 Å². The third kappa shape index (κ3) is 8.31. The first-order valence-electron chi connectivity index (χ1n) is 17.5. The van der Waals surface area contributed by atoms with Crippen molar-refractivity contribution < 1.29 is 27.6 Å². The van der Waals surface area contributed by atoms with Gasteiger partial charge in [0, 0.05) is 63.7 Å². The van der Waals surface area contributed by atoms with E-state index >= 15 is 0 Å². The van der Waals surface area contributed by atoms with E-state index in [-0.39, 0.29) is 53.0 Å². The molecule has 268 valence electrons. The number of halogens is 4. The Hall–Kier alpha value is -3.03. The van der Waals surface area contributed by atoms with Crippen LogP contribution >= 0.6 is 22.9 Å². The molecule has 2 aromatic rings. The molecule has 9 nitrogen and oxygen atoms in total. The van der Waals surface area contributed by atoms with Gasteiger partial charge in [-0.3, -0.25) is 9.59 Å². The predicted octanol–water partition coefficient (Wildman–Crippen LogP) is 6.57. The van der Waals surface area contributed by atoms with Crippen LogP contribution in [-0.4, -0.2) is 102 Å². The second kappa shape index (κ2) is 15.5. The third-order valence-corrected chi connectivity index (χ3v) is 11.9. The summed E-state index contributed by atoms with van der Waals surface area (Å²) >= 11 is 7.89. The zero-order valence-corrected chi connectivity index (χ0v) is 29.6. The van der Waals surface area contributed by atoms with Crippen LogP contribution in [-0.2, 0) is 28.6 Å². The lowest BCUT2D eigenvalue weighted by molar-refractivity contribution is -0.143. The van der Waals surface area contributed by atoms with Crippen molar-refractivity contribution in [1.82, 2.24) is 19.6 Å². The molecule has 1 atom stereocenters. The summed E-state index contributed by atoms with van der Waals surface area (Å²) in [5, 5.41) is 9.48. The third-order valence-electron chi connectivity index (χ3n) is 10.8. The largest absolute Gasteiger partial charge is 0.418 e. The molecular weight excluding hydrogens is 677 g/mol. The minimum absolute atomic E-state index is 0.0102.